The first-order chi connectivity index (χ1) is 10.8. The Morgan fingerprint density at radius 2 is 1.30 bits per heavy atom. The number of aryl methyl sites for hydroxylation is 1. The number of benzene rings is 3. The summed E-state index contributed by atoms with van der Waals surface area (Å²) in [5, 5.41) is 2.28. The van der Waals surface area contributed by atoms with Gasteiger partial charge in [0.05, 0.1) is 0 Å². The molecule has 0 amide bonds. The molecule has 0 atom stereocenters. The monoisotopic (exact) mass is 302 g/mol. The summed E-state index contributed by atoms with van der Waals surface area (Å²) in [6.45, 7) is 8.61. The van der Waals surface area contributed by atoms with Crippen molar-refractivity contribution in [3.8, 4) is 0 Å². The summed E-state index contributed by atoms with van der Waals surface area (Å²) in [5.74, 6) is 0.0768. The molecule has 0 saturated heterocycles. The zero-order valence-corrected chi connectivity index (χ0v) is 14.2. The third-order valence-electron chi connectivity index (χ3n) is 4.27. The van der Waals surface area contributed by atoms with E-state index in [2.05, 4.69) is 58.0 Å². The Hall–Kier alpha value is -2.41. The highest BCUT2D eigenvalue weighted by molar-refractivity contribution is 6.10. The normalized spacial score (nSPS) is 11.7. The van der Waals surface area contributed by atoms with Gasteiger partial charge >= 0.3 is 0 Å². The van der Waals surface area contributed by atoms with Crippen LogP contribution in [0.25, 0.3) is 10.8 Å². The third-order valence-corrected chi connectivity index (χ3v) is 4.27. The van der Waals surface area contributed by atoms with Gasteiger partial charge in [0, 0.05) is 11.1 Å². The van der Waals surface area contributed by atoms with E-state index in [0.717, 1.165) is 16.5 Å². The largest absolute Gasteiger partial charge is 0.289 e. The second-order valence-electron chi connectivity index (χ2n) is 7.22. The first-order valence-corrected chi connectivity index (χ1v) is 8.00. The molecule has 0 aliphatic heterocycles. The minimum atomic E-state index is 0.0768. The summed E-state index contributed by atoms with van der Waals surface area (Å²) in [6, 6.07) is 20.2. The van der Waals surface area contributed by atoms with Gasteiger partial charge in [-0.25, -0.2) is 0 Å². The predicted molar refractivity (Wildman–Crippen MR) is 97.3 cm³/mol. The van der Waals surface area contributed by atoms with E-state index in [1.165, 1.54) is 16.5 Å². The summed E-state index contributed by atoms with van der Waals surface area (Å²) in [5.41, 5.74) is 4.05. The fourth-order valence-electron chi connectivity index (χ4n) is 2.79. The van der Waals surface area contributed by atoms with Crippen LogP contribution >= 0.6 is 0 Å². The third kappa shape index (κ3) is 3.19. The Morgan fingerprint density at radius 3 is 1.96 bits per heavy atom. The summed E-state index contributed by atoms with van der Waals surface area (Å²) < 4.78 is 0. The molecule has 0 heterocycles. The second kappa shape index (κ2) is 5.66. The van der Waals surface area contributed by atoms with E-state index >= 15 is 0 Å². The van der Waals surface area contributed by atoms with E-state index in [0.29, 0.717) is 0 Å². The Morgan fingerprint density at radius 1 is 0.739 bits per heavy atom. The van der Waals surface area contributed by atoms with Crippen LogP contribution in [0.1, 0.15) is 47.8 Å². The maximum absolute atomic E-state index is 12.7. The van der Waals surface area contributed by atoms with Crippen molar-refractivity contribution < 1.29 is 4.79 Å². The molecule has 3 rings (SSSR count). The number of carbonyl (C=O) groups is 1. The van der Waals surface area contributed by atoms with Crippen molar-refractivity contribution in [2.24, 2.45) is 0 Å². The van der Waals surface area contributed by atoms with E-state index in [1.807, 2.05) is 30.3 Å². The quantitative estimate of drug-likeness (QED) is 0.557. The Bertz CT molecular complexity index is 865. The van der Waals surface area contributed by atoms with Gasteiger partial charge in [-0.15, -0.1) is 0 Å². The van der Waals surface area contributed by atoms with Gasteiger partial charge in [0.15, 0.2) is 5.78 Å². The van der Waals surface area contributed by atoms with E-state index in [-0.39, 0.29) is 11.2 Å². The maximum atomic E-state index is 12.7. The van der Waals surface area contributed by atoms with Crippen molar-refractivity contribution in [1.29, 1.82) is 0 Å². The molecule has 0 unspecified atom stereocenters. The maximum Gasteiger partial charge on any atom is 0.193 e. The summed E-state index contributed by atoms with van der Waals surface area (Å²) in [7, 11) is 0. The molecule has 1 heteroatoms. The van der Waals surface area contributed by atoms with Crippen LogP contribution in [-0.2, 0) is 5.41 Å². The molecule has 3 aromatic rings. The number of ketones is 1. The van der Waals surface area contributed by atoms with Crippen molar-refractivity contribution in [3.63, 3.8) is 0 Å². The molecular weight excluding hydrogens is 280 g/mol. The van der Waals surface area contributed by atoms with E-state index < -0.39 is 0 Å². The molecule has 0 saturated carbocycles. The van der Waals surface area contributed by atoms with Gasteiger partial charge in [0.2, 0.25) is 0 Å². The minimum absolute atomic E-state index is 0.0768. The van der Waals surface area contributed by atoms with E-state index in [1.54, 1.807) is 0 Å². The Balaban J connectivity index is 1.95. The van der Waals surface area contributed by atoms with Crippen LogP contribution in [0.4, 0.5) is 0 Å². The first-order valence-electron chi connectivity index (χ1n) is 8.00. The Labute approximate surface area is 138 Å². The number of hydrogen-bond donors (Lipinski definition) is 0. The zero-order chi connectivity index (χ0) is 16.6. The second-order valence-corrected chi connectivity index (χ2v) is 7.22. The van der Waals surface area contributed by atoms with Gasteiger partial charge in [0.25, 0.3) is 0 Å². The molecule has 0 aliphatic carbocycles. The molecule has 0 aliphatic rings. The van der Waals surface area contributed by atoms with Crippen LogP contribution in [0.15, 0.2) is 60.7 Å². The van der Waals surface area contributed by atoms with Crippen LogP contribution in [0.3, 0.4) is 0 Å². The summed E-state index contributed by atoms with van der Waals surface area (Å²) in [6.07, 6.45) is 0. The van der Waals surface area contributed by atoms with Crippen LogP contribution in [-0.4, -0.2) is 5.78 Å². The van der Waals surface area contributed by atoms with Gasteiger partial charge in [0.1, 0.15) is 0 Å². The highest BCUT2D eigenvalue weighted by atomic mass is 16.1. The number of fused-ring (bicyclic) bond motifs is 1. The van der Waals surface area contributed by atoms with Gasteiger partial charge in [-0.3, -0.25) is 4.79 Å². The number of hydrogen-bond acceptors (Lipinski definition) is 1. The molecular formula is C22H22O. The van der Waals surface area contributed by atoms with Crippen LogP contribution < -0.4 is 0 Å². The number of carbonyl (C=O) groups excluding carboxylic acids is 1. The summed E-state index contributed by atoms with van der Waals surface area (Å²) >= 11 is 0. The van der Waals surface area contributed by atoms with Crippen molar-refractivity contribution in [3.05, 3.63) is 82.9 Å². The molecule has 23 heavy (non-hydrogen) atoms. The lowest BCUT2D eigenvalue weighted by Crippen LogP contribution is -2.11. The van der Waals surface area contributed by atoms with Crippen LogP contribution in [0.2, 0.25) is 0 Å². The molecule has 0 fully saturated rings. The molecule has 0 aromatic heterocycles. The molecule has 116 valence electrons. The zero-order valence-electron chi connectivity index (χ0n) is 14.2. The molecule has 0 bridgehead atoms. The van der Waals surface area contributed by atoms with Gasteiger partial charge < -0.3 is 0 Å². The van der Waals surface area contributed by atoms with Crippen LogP contribution in [0, 0.1) is 6.92 Å². The van der Waals surface area contributed by atoms with E-state index in [4.69, 9.17) is 0 Å². The van der Waals surface area contributed by atoms with Crippen LogP contribution in [0.5, 0.6) is 0 Å². The lowest BCUT2D eigenvalue weighted by Gasteiger charge is -2.19. The van der Waals surface area contributed by atoms with Crippen molar-refractivity contribution in [2.75, 3.05) is 0 Å². The molecule has 1 nitrogen and oxygen atoms in total. The lowest BCUT2D eigenvalue weighted by molar-refractivity contribution is 0.103. The molecule has 0 spiro atoms. The van der Waals surface area contributed by atoms with Gasteiger partial charge in [-0.2, -0.15) is 0 Å². The number of rotatable bonds is 2. The van der Waals surface area contributed by atoms with E-state index in [9.17, 15) is 4.79 Å². The SMILES string of the molecule is Cc1ccc2cc(C(=O)c3ccc(C(C)(C)C)cc3)ccc2c1. The van der Waals surface area contributed by atoms with Crippen molar-refractivity contribution >= 4 is 16.6 Å². The highest BCUT2D eigenvalue weighted by Gasteiger charge is 2.15. The molecule has 0 radical (unpaired) electrons. The fourth-order valence-corrected chi connectivity index (χ4v) is 2.79. The van der Waals surface area contributed by atoms with Gasteiger partial charge in [-0.1, -0.05) is 80.9 Å². The molecule has 3 aromatic carbocycles. The highest BCUT2D eigenvalue weighted by Crippen LogP contribution is 2.24. The Kier molecular flexibility index (Phi) is 3.81. The van der Waals surface area contributed by atoms with Gasteiger partial charge in [-0.05, 0) is 34.7 Å². The standard InChI is InChI=1S/C22H22O/c1-15-5-6-18-14-19(8-7-17(18)13-15)21(23)16-9-11-20(12-10-16)22(2,3)4/h5-14H,1-4H3. The average molecular weight is 302 g/mol. The predicted octanol–water partition coefficient (Wildman–Crippen LogP) is 5.68. The fraction of sp³-hybridized carbons (Fsp3) is 0.227. The van der Waals surface area contributed by atoms with Crippen molar-refractivity contribution in [1.82, 2.24) is 0 Å². The first kappa shape index (κ1) is 15.5. The summed E-state index contributed by atoms with van der Waals surface area (Å²) in [4.78, 5) is 12.7. The lowest BCUT2D eigenvalue weighted by atomic mass is 9.86. The molecule has 0 N–H and O–H groups in total. The average Bonchev–Trinajstić information content (AvgIpc) is 2.53. The smallest absolute Gasteiger partial charge is 0.193 e. The topological polar surface area (TPSA) is 17.1 Å². The minimum Gasteiger partial charge on any atom is -0.289 e. The van der Waals surface area contributed by atoms with Crippen molar-refractivity contribution in [2.45, 2.75) is 33.1 Å².